The maximum absolute atomic E-state index is 10.7. The molecule has 1 saturated heterocycles. The van der Waals surface area contributed by atoms with Gasteiger partial charge in [0, 0.05) is 50.8 Å². The van der Waals surface area contributed by atoms with Gasteiger partial charge in [-0.05, 0) is 25.3 Å². The van der Waals surface area contributed by atoms with Crippen LogP contribution in [-0.2, 0) is 19.4 Å². The summed E-state index contributed by atoms with van der Waals surface area (Å²) >= 11 is 0. The monoisotopic (exact) mass is 343 g/mol. The first-order chi connectivity index (χ1) is 12.2. The predicted octanol–water partition coefficient (Wildman–Crippen LogP) is 2.18. The summed E-state index contributed by atoms with van der Waals surface area (Å²) in [6, 6.07) is 3.23. The Morgan fingerprint density at radius 1 is 1.16 bits per heavy atom. The Labute approximate surface area is 145 Å². The topological polar surface area (TPSA) is 88.5 Å². The van der Waals surface area contributed by atoms with Gasteiger partial charge in [0.2, 0.25) is 0 Å². The lowest BCUT2D eigenvalue weighted by molar-refractivity contribution is -0.385. The minimum atomic E-state index is -0.423. The third-order valence-electron chi connectivity index (χ3n) is 5.04. The van der Waals surface area contributed by atoms with Crippen LogP contribution in [-0.4, -0.2) is 46.1 Å². The van der Waals surface area contributed by atoms with Crippen molar-refractivity contribution in [1.82, 2.24) is 15.0 Å². The molecule has 8 heteroatoms. The highest BCUT2D eigenvalue weighted by Gasteiger charge is 2.24. The van der Waals surface area contributed by atoms with Crippen LogP contribution in [0.1, 0.15) is 29.9 Å². The quantitative estimate of drug-likeness (QED) is 0.621. The van der Waals surface area contributed by atoms with Gasteiger partial charge in [-0.15, -0.1) is 0 Å². The molecule has 0 radical (unpaired) electrons. The zero-order chi connectivity index (χ0) is 17.2. The Kier molecular flexibility index (Phi) is 4.35. The molecular formula is C17H21N5O3. The number of hydrogen-bond donors (Lipinski definition) is 0. The minimum absolute atomic E-state index is 0.0261. The van der Waals surface area contributed by atoms with Crippen molar-refractivity contribution in [3.05, 3.63) is 45.5 Å². The lowest BCUT2D eigenvalue weighted by atomic mass is 9.96. The molecule has 3 heterocycles. The van der Waals surface area contributed by atoms with E-state index in [1.165, 1.54) is 30.7 Å². The van der Waals surface area contributed by atoms with Gasteiger partial charge in [-0.3, -0.25) is 15.0 Å². The Bertz CT molecular complexity index is 750. The molecule has 0 unspecified atom stereocenters. The lowest BCUT2D eigenvalue weighted by Crippen LogP contribution is -2.46. The van der Waals surface area contributed by atoms with Crippen molar-refractivity contribution < 1.29 is 9.45 Å². The average molecular weight is 343 g/mol. The zero-order valence-electron chi connectivity index (χ0n) is 14.1. The van der Waals surface area contributed by atoms with Crippen LogP contribution < -0.4 is 4.90 Å². The molecule has 2 aliphatic rings. The van der Waals surface area contributed by atoms with Gasteiger partial charge in [-0.1, -0.05) is 5.16 Å². The number of nitrogens with zero attached hydrogens (tertiary/aromatic N) is 5. The van der Waals surface area contributed by atoms with E-state index < -0.39 is 4.92 Å². The molecule has 0 aromatic carbocycles. The van der Waals surface area contributed by atoms with E-state index in [1.54, 1.807) is 6.07 Å². The SMILES string of the molecule is O=[N+]([O-])c1ccc(N2CCN(Cc3noc4c3CCCC4)CC2)nc1. The lowest BCUT2D eigenvalue weighted by Gasteiger charge is -2.35. The van der Waals surface area contributed by atoms with E-state index in [0.717, 1.165) is 62.8 Å². The smallest absolute Gasteiger partial charge is 0.287 e. The van der Waals surface area contributed by atoms with Crippen LogP contribution in [0, 0.1) is 10.1 Å². The van der Waals surface area contributed by atoms with Gasteiger partial charge in [0.15, 0.2) is 0 Å². The van der Waals surface area contributed by atoms with Gasteiger partial charge in [-0.2, -0.15) is 0 Å². The van der Waals surface area contributed by atoms with Gasteiger partial charge in [-0.25, -0.2) is 4.98 Å². The van der Waals surface area contributed by atoms with Gasteiger partial charge in [0.05, 0.1) is 4.92 Å². The molecule has 1 aliphatic carbocycles. The highest BCUT2D eigenvalue weighted by Crippen LogP contribution is 2.25. The van der Waals surface area contributed by atoms with Crippen molar-refractivity contribution >= 4 is 11.5 Å². The van der Waals surface area contributed by atoms with Gasteiger partial charge >= 0.3 is 0 Å². The van der Waals surface area contributed by atoms with Crippen molar-refractivity contribution in [2.24, 2.45) is 0 Å². The Morgan fingerprint density at radius 2 is 1.96 bits per heavy atom. The fourth-order valence-corrected chi connectivity index (χ4v) is 3.59. The van der Waals surface area contributed by atoms with Gasteiger partial charge in [0.25, 0.3) is 5.69 Å². The van der Waals surface area contributed by atoms with Crippen LogP contribution in [0.3, 0.4) is 0 Å². The normalized spacial score (nSPS) is 18.2. The number of aromatic nitrogens is 2. The summed E-state index contributed by atoms with van der Waals surface area (Å²) < 4.78 is 5.50. The van der Waals surface area contributed by atoms with E-state index in [0.29, 0.717) is 0 Å². The second-order valence-electron chi connectivity index (χ2n) is 6.63. The van der Waals surface area contributed by atoms with Crippen molar-refractivity contribution in [2.45, 2.75) is 32.2 Å². The summed E-state index contributed by atoms with van der Waals surface area (Å²) in [5.41, 5.74) is 2.44. The standard InChI is InChI=1S/C17H21N5O3/c23-22(24)13-5-6-17(18-11-13)21-9-7-20(8-10-21)12-15-14-3-1-2-4-16(14)25-19-15/h5-6,11H,1-4,7-10,12H2. The van der Waals surface area contributed by atoms with Crippen molar-refractivity contribution in [1.29, 1.82) is 0 Å². The first kappa shape index (κ1) is 16.0. The summed E-state index contributed by atoms with van der Waals surface area (Å²) in [5, 5.41) is 15.0. The van der Waals surface area contributed by atoms with E-state index in [4.69, 9.17) is 4.52 Å². The van der Waals surface area contributed by atoms with Crippen LogP contribution >= 0.6 is 0 Å². The molecule has 0 atom stereocenters. The summed E-state index contributed by atoms with van der Waals surface area (Å²) in [5.74, 6) is 1.87. The van der Waals surface area contributed by atoms with Crippen molar-refractivity contribution in [3.8, 4) is 0 Å². The summed E-state index contributed by atoms with van der Waals surface area (Å²) in [4.78, 5) is 19.1. The molecule has 0 N–H and O–H groups in total. The van der Waals surface area contributed by atoms with E-state index in [-0.39, 0.29) is 5.69 Å². The minimum Gasteiger partial charge on any atom is -0.361 e. The second-order valence-corrected chi connectivity index (χ2v) is 6.63. The molecule has 2 aromatic rings. The molecule has 4 rings (SSSR count). The molecule has 8 nitrogen and oxygen atoms in total. The summed E-state index contributed by atoms with van der Waals surface area (Å²) in [6.07, 6.45) is 5.84. The van der Waals surface area contributed by atoms with Crippen LogP contribution in [0.2, 0.25) is 0 Å². The maximum Gasteiger partial charge on any atom is 0.287 e. The molecule has 0 bridgehead atoms. The number of fused-ring (bicyclic) bond motifs is 1. The molecule has 1 aliphatic heterocycles. The molecule has 25 heavy (non-hydrogen) atoms. The van der Waals surface area contributed by atoms with Crippen LogP contribution in [0.25, 0.3) is 0 Å². The number of anilines is 1. The zero-order valence-corrected chi connectivity index (χ0v) is 14.1. The fraction of sp³-hybridized carbons (Fsp3) is 0.529. The number of pyridine rings is 1. The summed E-state index contributed by atoms with van der Waals surface area (Å²) in [6.45, 7) is 4.37. The molecule has 1 fully saturated rings. The summed E-state index contributed by atoms with van der Waals surface area (Å²) in [7, 11) is 0. The van der Waals surface area contributed by atoms with E-state index >= 15 is 0 Å². The number of hydrogen-bond acceptors (Lipinski definition) is 7. The Balaban J connectivity index is 1.35. The maximum atomic E-state index is 10.7. The highest BCUT2D eigenvalue weighted by molar-refractivity contribution is 5.43. The van der Waals surface area contributed by atoms with Crippen LogP contribution in [0.4, 0.5) is 11.5 Å². The van der Waals surface area contributed by atoms with Crippen LogP contribution in [0.5, 0.6) is 0 Å². The molecular weight excluding hydrogens is 322 g/mol. The molecule has 0 amide bonds. The van der Waals surface area contributed by atoms with Gasteiger partial charge < -0.3 is 9.42 Å². The highest BCUT2D eigenvalue weighted by atomic mass is 16.6. The van der Waals surface area contributed by atoms with Crippen LogP contribution in [0.15, 0.2) is 22.9 Å². The van der Waals surface area contributed by atoms with E-state index in [1.807, 2.05) is 0 Å². The van der Waals surface area contributed by atoms with Gasteiger partial charge in [0.1, 0.15) is 23.5 Å². The largest absolute Gasteiger partial charge is 0.361 e. The second kappa shape index (κ2) is 6.79. The number of aryl methyl sites for hydroxylation is 1. The molecule has 2 aromatic heterocycles. The van der Waals surface area contributed by atoms with E-state index in [2.05, 4.69) is 19.9 Å². The molecule has 0 spiro atoms. The van der Waals surface area contributed by atoms with Crippen molar-refractivity contribution in [2.75, 3.05) is 31.1 Å². The Hall–Kier alpha value is -2.48. The molecule has 132 valence electrons. The van der Waals surface area contributed by atoms with E-state index in [9.17, 15) is 10.1 Å². The third kappa shape index (κ3) is 3.34. The first-order valence-electron chi connectivity index (χ1n) is 8.75. The molecule has 0 saturated carbocycles. The number of nitro groups is 1. The third-order valence-corrected chi connectivity index (χ3v) is 5.04. The predicted molar refractivity (Wildman–Crippen MR) is 91.5 cm³/mol. The first-order valence-corrected chi connectivity index (χ1v) is 8.75. The number of piperazine rings is 1. The van der Waals surface area contributed by atoms with Crippen molar-refractivity contribution in [3.63, 3.8) is 0 Å². The average Bonchev–Trinajstić information content (AvgIpc) is 3.06. The fourth-order valence-electron chi connectivity index (χ4n) is 3.59. The Morgan fingerprint density at radius 3 is 2.68 bits per heavy atom. The number of rotatable bonds is 4.